The molecular formula is C21H28N4O4. The fraction of sp³-hybridized carbons (Fsp3) is 0.524. The maximum Gasteiger partial charge on any atom is 0.337 e. The molecule has 1 amide bonds. The minimum absolute atomic E-state index is 0.137. The zero-order chi connectivity index (χ0) is 20.4. The summed E-state index contributed by atoms with van der Waals surface area (Å²) in [5.41, 5.74) is 2.41. The first kappa shape index (κ1) is 19.7. The number of nitrogens with one attached hydrogen (secondary N) is 1. The number of fused-ring (bicyclic) bond motifs is 1. The van der Waals surface area contributed by atoms with Crippen LogP contribution in [0.4, 0.5) is 11.4 Å². The lowest BCUT2D eigenvalue weighted by Crippen LogP contribution is -2.50. The molecule has 0 spiro atoms. The predicted octanol–water partition coefficient (Wildman–Crippen LogP) is 0.645. The van der Waals surface area contributed by atoms with Crippen LogP contribution >= 0.6 is 0 Å². The van der Waals surface area contributed by atoms with Crippen molar-refractivity contribution in [2.45, 2.75) is 18.9 Å². The molecule has 0 saturated carbocycles. The van der Waals surface area contributed by atoms with E-state index in [4.69, 9.17) is 9.84 Å². The van der Waals surface area contributed by atoms with Gasteiger partial charge in [0.2, 0.25) is 0 Å². The van der Waals surface area contributed by atoms with E-state index in [9.17, 15) is 9.59 Å². The largest absolute Gasteiger partial charge is 0.466 e. The van der Waals surface area contributed by atoms with Gasteiger partial charge >= 0.3 is 5.97 Å². The number of carbonyl (C=O) groups is 2. The topological polar surface area (TPSA) is 85.4 Å². The highest BCUT2D eigenvalue weighted by Crippen LogP contribution is 2.28. The van der Waals surface area contributed by atoms with Gasteiger partial charge in [-0.05, 0) is 43.7 Å². The fourth-order valence-electron chi connectivity index (χ4n) is 4.47. The molecule has 3 heterocycles. The molecule has 29 heavy (non-hydrogen) atoms. The first-order valence-electron chi connectivity index (χ1n) is 10.2. The highest BCUT2D eigenvalue weighted by Gasteiger charge is 2.34. The highest BCUT2D eigenvalue weighted by atomic mass is 16.5. The number of nitrogens with zero attached hydrogens (tertiary/aromatic N) is 3. The van der Waals surface area contributed by atoms with Crippen LogP contribution in [-0.2, 0) is 14.3 Å². The number of piperazine rings is 1. The zero-order valence-corrected chi connectivity index (χ0v) is 16.8. The summed E-state index contributed by atoms with van der Waals surface area (Å²) >= 11 is 0. The number of esters is 1. The molecule has 3 aliphatic rings. The van der Waals surface area contributed by atoms with E-state index in [1.54, 1.807) is 0 Å². The number of rotatable bonds is 6. The quantitative estimate of drug-likeness (QED) is 0.678. The van der Waals surface area contributed by atoms with Gasteiger partial charge in [-0.1, -0.05) is 0 Å². The zero-order valence-electron chi connectivity index (χ0n) is 16.8. The number of aliphatic hydroxyl groups is 1. The minimum Gasteiger partial charge on any atom is -0.466 e. The summed E-state index contributed by atoms with van der Waals surface area (Å²) in [6.45, 7) is 4.56. The van der Waals surface area contributed by atoms with E-state index in [1.165, 1.54) is 37.1 Å². The SMILES string of the molecule is COC(=O)C1=C(Nc2ccc(N3CCN4CCCC4C3)cc2)C(=O)N(CCO)C1. The Kier molecular flexibility index (Phi) is 5.73. The van der Waals surface area contributed by atoms with E-state index in [0.29, 0.717) is 6.04 Å². The van der Waals surface area contributed by atoms with Gasteiger partial charge in [0.05, 0.1) is 25.8 Å². The lowest BCUT2D eigenvalue weighted by molar-refractivity contribution is -0.136. The van der Waals surface area contributed by atoms with Crippen LogP contribution in [0.5, 0.6) is 0 Å². The van der Waals surface area contributed by atoms with Crippen LogP contribution in [0, 0.1) is 0 Å². The molecule has 1 unspecified atom stereocenters. The minimum atomic E-state index is -0.535. The Morgan fingerprint density at radius 1 is 1.24 bits per heavy atom. The van der Waals surface area contributed by atoms with Gasteiger partial charge in [0.25, 0.3) is 5.91 Å². The predicted molar refractivity (Wildman–Crippen MR) is 110 cm³/mol. The highest BCUT2D eigenvalue weighted by molar-refractivity contribution is 6.08. The Morgan fingerprint density at radius 3 is 2.76 bits per heavy atom. The van der Waals surface area contributed by atoms with E-state index in [0.717, 1.165) is 25.3 Å². The monoisotopic (exact) mass is 400 g/mol. The van der Waals surface area contributed by atoms with Crippen molar-refractivity contribution in [1.29, 1.82) is 0 Å². The third-order valence-corrected chi connectivity index (χ3v) is 6.04. The van der Waals surface area contributed by atoms with Crippen molar-refractivity contribution in [3.05, 3.63) is 35.5 Å². The number of carbonyl (C=O) groups excluding carboxylic acids is 2. The van der Waals surface area contributed by atoms with E-state index in [-0.39, 0.29) is 36.9 Å². The second-order valence-electron chi connectivity index (χ2n) is 7.75. The molecule has 1 aromatic rings. The van der Waals surface area contributed by atoms with Crippen molar-refractivity contribution < 1.29 is 19.4 Å². The Labute approximate surface area is 170 Å². The maximum atomic E-state index is 12.6. The smallest absolute Gasteiger partial charge is 0.337 e. The van der Waals surface area contributed by atoms with Gasteiger partial charge in [-0.15, -0.1) is 0 Å². The van der Waals surface area contributed by atoms with Crippen LogP contribution in [0.25, 0.3) is 0 Å². The Balaban J connectivity index is 1.47. The van der Waals surface area contributed by atoms with Crippen molar-refractivity contribution in [3.63, 3.8) is 0 Å². The van der Waals surface area contributed by atoms with Gasteiger partial charge in [-0.3, -0.25) is 9.69 Å². The van der Waals surface area contributed by atoms with Crippen LogP contribution in [0.1, 0.15) is 12.8 Å². The lowest BCUT2D eigenvalue weighted by Gasteiger charge is -2.38. The van der Waals surface area contributed by atoms with Crippen LogP contribution in [-0.4, -0.2) is 85.8 Å². The summed E-state index contributed by atoms with van der Waals surface area (Å²) < 4.78 is 4.82. The number of methoxy groups -OCH3 is 1. The molecule has 2 saturated heterocycles. The van der Waals surface area contributed by atoms with Gasteiger partial charge < -0.3 is 25.0 Å². The number of β-amino-alcohol motifs (C(OH)–C–C–N with tert-alkyl or cyclic N) is 1. The molecule has 2 fully saturated rings. The lowest BCUT2D eigenvalue weighted by atomic mass is 10.1. The summed E-state index contributed by atoms with van der Waals surface area (Å²) in [7, 11) is 1.30. The van der Waals surface area contributed by atoms with Crippen LogP contribution in [0.2, 0.25) is 0 Å². The van der Waals surface area contributed by atoms with Gasteiger partial charge in [0, 0.05) is 43.6 Å². The van der Waals surface area contributed by atoms with Crippen LogP contribution in [0.3, 0.4) is 0 Å². The molecule has 0 bridgehead atoms. The van der Waals surface area contributed by atoms with Crippen LogP contribution < -0.4 is 10.2 Å². The maximum absolute atomic E-state index is 12.6. The van der Waals surface area contributed by atoms with Crippen molar-refractivity contribution in [2.75, 3.05) is 63.2 Å². The molecule has 8 heteroatoms. The first-order chi connectivity index (χ1) is 14.1. The first-order valence-corrected chi connectivity index (χ1v) is 10.2. The summed E-state index contributed by atoms with van der Waals surface area (Å²) in [4.78, 5) is 31.1. The molecular weight excluding hydrogens is 372 g/mol. The number of aliphatic hydroxyl groups excluding tert-OH is 1. The summed E-state index contributed by atoms with van der Waals surface area (Å²) in [5.74, 6) is -0.840. The summed E-state index contributed by atoms with van der Waals surface area (Å²) in [6.07, 6.45) is 2.56. The summed E-state index contributed by atoms with van der Waals surface area (Å²) in [6, 6.07) is 8.62. The average Bonchev–Trinajstić information content (AvgIpc) is 3.33. The molecule has 0 radical (unpaired) electrons. The molecule has 8 nitrogen and oxygen atoms in total. The molecule has 1 atom stereocenters. The van der Waals surface area contributed by atoms with Gasteiger partial charge in [0.15, 0.2) is 0 Å². The van der Waals surface area contributed by atoms with Gasteiger partial charge in [0.1, 0.15) is 5.70 Å². The van der Waals surface area contributed by atoms with Crippen LogP contribution in [0.15, 0.2) is 35.5 Å². The number of anilines is 2. The standard InChI is InChI=1S/C21H28N4O4/c1-29-21(28)18-14-25(11-12-26)20(27)19(18)22-15-4-6-16(7-5-15)24-10-9-23-8-2-3-17(23)13-24/h4-7,17,22,26H,2-3,8-14H2,1H3. The normalized spacial score (nSPS) is 22.3. The number of hydrogen-bond acceptors (Lipinski definition) is 7. The van der Waals surface area contributed by atoms with Crippen molar-refractivity contribution >= 4 is 23.3 Å². The van der Waals surface area contributed by atoms with E-state index < -0.39 is 5.97 Å². The number of hydrogen-bond donors (Lipinski definition) is 2. The molecule has 0 aliphatic carbocycles. The second-order valence-corrected chi connectivity index (χ2v) is 7.75. The van der Waals surface area contributed by atoms with Crippen molar-refractivity contribution in [3.8, 4) is 0 Å². The summed E-state index contributed by atoms with van der Waals surface area (Å²) in [5, 5.41) is 12.2. The number of benzene rings is 1. The fourth-order valence-corrected chi connectivity index (χ4v) is 4.47. The van der Waals surface area contributed by atoms with Crippen molar-refractivity contribution in [2.24, 2.45) is 0 Å². The van der Waals surface area contributed by atoms with E-state index in [1.807, 2.05) is 12.1 Å². The molecule has 156 valence electrons. The molecule has 0 aromatic heterocycles. The van der Waals surface area contributed by atoms with Gasteiger partial charge in [-0.2, -0.15) is 0 Å². The Bertz CT molecular complexity index is 807. The molecule has 1 aromatic carbocycles. The third-order valence-electron chi connectivity index (χ3n) is 6.04. The molecule has 4 rings (SSSR count). The number of amides is 1. The third kappa shape index (κ3) is 3.95. The average molecular weight is 400 g/mol. The van der Waals surface area contributed by atoms with E-state index in [2.05, 4.69) is 27.2 Å². The Hall–Kier alpha value is -2.58. The van der Waals surface area contributed by atoms with Gasteiger partial charge in [-0.25, -0.2) is 4.79 Å². The van der Waals surface area contributed by atoms with E-state index >= 15 is 0 Å². The molecule has 2 N–H and O–H groups in total. The molecule has 3 aliphatic heterocycles. The van der Waals surface area contributed by atoms with Crippen molar-refractivity contribution in [1.82, 2.24) is 9.80 Å². The Morgan fingerprint density at radius 2 is 2.03 bits per heavy atom. The second kappa shape index (κ2) is 8.42. The number of ether oxygens (including phenoxy) is 1.